The summed E-state index contributed by atoms with van der Waals surface area (Å²) in [5, 5.41) is 2.90. The van der Waals surface area contributed by atoms with Crippen LogP contribution in [0.5, 0.6) is 0 Å². The Bertz CT molecular complexity index is 641. The van der Waals surface area contributed by atoms with E-state index in [1.807, 2.05) is 6.07 Å². The van der Waals surface area contributed by atoms with E-state index in [1.54, 1.807) is 17.2 Å². The third-order valence-corrected chi connectivity index (χ3v) is 3.64. The van der Waals surface area contributed by atoms with Gasteiger partial charge in [0, 0.05) is 6.04 Å². The van der Waals surface area contributed by atoms with Crippen molar-refractivity contribution in [2.45, 2.75) is 25.4 Å². The topological polar surface area (TPSA) is 45.5 Å². The van der Waals surface area contributed by atoms with Crippen LogP contribution in [0.25, 0.3) is 0 Å². The quantitative estimate of drug-likeness (QED) is 0.917. The van der Waals surface area contributed by atoms with Crippen molar-refractivity contribution in [1.82, 2.24) is 4.90 Å². The summed E-state index contributed by atoms with van der Waals surface area (Å²) in [4.78, 5) is 14.1. The summed E-state index contributed by atoms with van der Waals surface area (Å²) in [5.41, 5.74) is 0.396. The number of hydrogen-bond donors (Lipinski definition) is 1. The number of hydrogen-bond acceptors (Lipinski definition) is 2. The van der Waals surface area contributed by atoms with Crippen LogP contribution in [0, 0.1) is 5.82 Å². The van der Waals surface area contributed by atoms with Crippen LogP contribution in [0.1, 0.15) is 18.6 Å². The van der Waals surface area contributed by atoms with Crippen LogP contribution < -0.4 is 5.32 Å². The molecule has 1 heterocycles. The molecule has 0 atom stereocenters. The van der Waals surface area contributed by atoms with Crippen molar-refractivity contribution in [2.75, 3.05) is 5.32 Å². The predicted octanol–water partition coefficient (Wildman–Crippen LogP) is 4.27. The van der Waals surface area contributed by atoms with Crippen LogP contribution in [-0.2, 0) is 6.54 Å². The highest BCUT2D eigenvalue weighted by molar-refractivity contribution is 6.33. The molecule has 1 saturated carbocycles. The van der Waals surface area contributed by atoms with E-state index in [0.717, 1.165) is 18.6 Å². The first-order valence-electron chi connectivity index (χ1n) is 6.68. The zero-order valence-corrected chi connectivity index (χ0v) is 11.9. The molecule has 0 unspecified atom stereocenters. The van der Waals surface area contributed by atoms with Gasteiger partial charge in [0.05, 0.1) is 23.5 Å². The SMILES string of the molecule is O=C(Nc1ccc(F)cc1Cl)N(Cc1ccco1)C1CC1. The molecule has 1 aliphatic rings. The van der Waals surface area contributed by atoms with Crippen LogP contribution in [-0.4, -0.2) is 17.0 Å². The van der Waals surface area contributed by atoms with Crippen molar-refractivity contribution in [1.29, 1.82) is 0 Å². The van der Waals surface area contributed by atoms with Gasteiger partial charge in [-0.2, -0.15) is 0 Å². The van der Waals surface area contributed by atoms with Crippen LogP contribution in [0.3, 0.4) is 0 Å². The van der Waals surface area contributed by atoms with Gasteiger partial charge in [-0.3, -0.25) is 0 Å². The fraction of sp³-hybridized carbons (Fsp3) is 0.267. The largest absolute Gasteiger partial charge is 0.467 e. The number of urea groups is 1. The minimum atomic E-state index is -0.437. The average Bonchev–Trinajstić information content (AvgIpc) is 3.16. The second-order valence-corrected chi connectivity index (χ2v) is 5.40. The van der Waals surface area contributed by atoms with E-state index >= 15 is 0 Å². The Morgan fingerprint density at radius 1 is 1.43 bits per heavy atom. The lowest BCUT2D eigenvalue weighted by atomic mass is 10.3. The molecule has 110 valence electrons. The summed E-state index contributed by atoms with van der Waals surface area (Å²) in [6, 6.07) is 7.45. The molecule has 21 heavy (non-hydrogen) atoms. The van der Waals surface area contributed by atoms with Gasteiger partial charge >= 0.3 is 6.03 Å². The Morgan fingerprint density at radius 2 is 2.24 bits per heavy atom. The number of anilines is 1. The van der Waals surface area contributed by atoms with Gasteiger partial charge in [0.2, 0.25) is 0 Å². The fourth-order valence-electron chi connectivity index (χ4n) is 2.10. The zero-order valence-electron chi connectivity index (χ0n) is 11.2. The number of halogens is 2. The molecule has 2 aromatic rings. The van der Waals surface area contributed by atoms with Crippen molar-refractivity contribution in [3.63, 3.8) is 0 Å². The van der Waals surface area contributed by atoms with Gasteiger partial charge < -0.3 is 14.6 Å². The van der Waals surface area contributed by atoms with Gasteiger partial charge in [-0.25, -0.2) is 9.18 Å². The number of carbonyl (C=O) groups is 1. The Balaban J connectivity index is 1.72. The van der Waals surface area contributed by atoms with Crippen molar-refractivity contribution in [2.24, 2.45) is 0 Å². The molecule has 1 fully saturated rings. The van der Waals surface area contributed by atoms with Crippen LogP contribution in [0.15, 0.2) is 41.0 Å². The van der Waals surface area contributed by atoms with Crippen molar-refractivity contribution >= 4 is 23.3 Å². The van der Waals surface area contributed by atoms with Gasteiger partial charge in [0.1, 0.15) is 11.6 Å². The smallest absolute Gasteiger partial charge is 0.322 e. The number of nitrogens with zero attached hydrogens (tertiary/aromatic N) is 1. The van der Waals surface area contributed by atoms with Gasteiger partial charge in [0.25, 0.3) is 0 Å². The van der Waals surface area contributed by atoms with Crippen molar-refractivity contribution in [3.8, 4) is 0 Å². The van der Waals surface area contributed by atoms with Crippen LogP contribution >= 0.6 is 11.6 Å². The molecule has 1 aliphatic carbocycles. The molecule has 4 nitrogen and oxygen atoms in total. The second-order valence-electron chi connectivity index (χ2n) is 4.99. The molecule has 1 aromatic heterocycles. The van der Waals surface area contributed by atoms with E-state index in [9.17, 15) is 9.18 Å². The highest BCUT2D eigenvalue weighted by atomic mass is 35.5. The summed E-state index contributed by atoms with van der Waals surface area (Å²) in [5.74, 6) is 0.287. The normalized spacial score (nSPS) is 14.0. The molecule has 0 radical (unpaired) electrons. The molecular weight excluding hydrogens is 295 g/mol. The first-order valence-corrected chi connectivity index (χ1v) is 7.06. The maximum absolute atomic E-state index is 13.0. The second kappa shape index (κ2) is 5.77. The van der Waals surface area contributed by atoms with E-state index in [-0.39, 0.29) is 17.1 Å². The summed E-state index contributed by atoms with van der Waals surface area (Å²) >= 11 is 5.92. The molecule has 2 amide bonds. The van der Waals surface area contributed by atoms with E-state index < -0.39 is 5.82 Å². The monoisotopic (exact) mass is 308 g/mol. The maximum Gasteiger partial charge on any atom is 0.322 e. The minimum absolute atomic E-state index is 0.178. The van der Waals surface area contributed by atoms with Gasteiger partial charge in [-0.15, -0.1) is 0 Å². The third kappa shape index (κ3) is 3.36. The lowest BCUT2D eigenvalue weighted by Gasteiger charge is -2.22. The van der Waals surface area contributed by atoms with Crippen LogP contribution in [0.2, 0.25) is 5.02 Å². The van der Waals surface area contributed by atoms with Crippen molar-refractivity contribution in [3.05, 3.63) is 53.2 Å². The molecule has 0 aliphatic heterocycles. The highest BCUT2D eigenvalue weighted by Crippen LogP contribution is 2.30. The number of amides is 2. The lowest BCUT2D eigenvalue weighted by molar-refractivity contribution is 0.201. The Labute approximate surface area is 126 Å². The number of carbonyl (C=O) groups excluding carboxylic acids is 1. The van der Waals surface area contributed by atoms with Gasteiger partial charge in [-0.05, 0) is 43.2 Å². The molecule has 0 spiro atoms. The molecule has 1 N–H and O–H groups in total. The summed E-state index contributed by atoms with van der Waals surface area (Å²) < 4.78 is 18.3. The fourth-order valence-corrected chi connectivity index (χ4v) is 2.32. The predicted molar refractivity (Wildman–Crippen MR) is 77.7 cm³/mol. The van der Waals surface area contributed by atoms with E-state index in [4.69, 9.17) is 16.0 Å². The van der Waals surface area contributed by atoms with Crippen molar-refractivity contribution < 1.29 is 13.6 Å². The molecule has 3 rings (SSSR count). The summed E-state index contributed by atoms with van der Waals surface area (Å²) in [7, 11) is 0. The van der Waals surface area contributed by atoms with Gasteiger partial charge in [-0.1, -0.05) is 11.6 Å². The first-order chi connectivity index (χ1) is 10.1. The lowest BCUT2D eigenvalue weighted by Crippen LogP contribution is -2.36. The number of nitrogens with one attached hydrogen (secondary N) is 1. The minimum Gasteiger partial charge on any atom is -0.467 e. The number of rotatable bonds is 4. The van der Waals surface area contributed by atoms with E-state index in [1.165, 1.54) is 18.2 Å². The Kier molecular flexibility index (Phi) is 3.84. The summed E-state index contributed by atoms with van der Waals surface area (Å²) in [6.07, 6.45) is 3.53. The maximum atomic E-state index is 13.0. The zero-order chi connectivity index (χ0) is 14.8. The molecule has 0 saturated heterocycles. The highest BCUT2D eigenvalue weighted by Gasteiger charge is 2.33. The first kappa shape index (κ1) is 13.9. The molecule has 6 heteroatoms. The average molecular weight is 309 g/mol. The molecular formula is C15H14ClFN2O2. The van der Waals surface area contributed by atoms with E-state index in [2.05, 4.69) is 5.32 Å². The molecule has 1 aromatic carbocycles. The van der Waals surface area contributed by atoms with E-state index in [0.29, 0.717) is 12.2 Å². The third-order valence-electron chi connectivity index (χ3n) is 3.33. The molecule has 0 bridgehead atoms. The van der Waals surface area contributed by atoms with Gasteiger partial charge in [0.15, 0.2) is 0 Å². The van der Waals surface area contributed by atoms with Crippen LogP contribution in [0.4, 0.5) is 14.9 Å². The number of furan rings is 1. The Hall–Kier alpha value is -2.01. The summed E-state index contributed by atoms with van der Waals surface area (Å²) in [6.45, 7) is 0.405. The number of benzene rings is 1. The standard InChI is InChI=1S/C15H14ClFN2O2/c16-13-8-10(17)3-6-14(13)18-15(20)19(11-4-5-11)9-12-2-1-7-21-12/h1-3,6-8,11H,4-5,9H2,(H,18,20). The Morgan fingerprint density at radius 3 is 2.86 bits per heavy atom.